The first-order valence-electron chi connectivity index (χ1n) is 18.0. The molecule has 1 saturated heterocycles. The molecule has 2 N–H and O–H groups in total. The minimum Gasteiger partial charge on any atom is -0.444 e. The van der Waals surface area contributed by atoms with Crippen molar-refractivity contribution in [1.82, 2.24) is 24.6 Å². The van der Waals surface area contributed by atoms with E-state index in [0.29, 0.717) is 44.1 Å². The van der Waals surface area contributed by atoms with Crippen LogP contribution in [0.25, 0.3) is 5.57 Å². The van der Waals surface area contributed by atoms with Crippen molar-refractivity contribution in [2.24, 2.45) is 5.92 Å². The van der Waals surface area contributed by atoms with Crippen molar-refractivity contribution in [2.75, 3.05) is 29.9 Å². The molecular weight excluding hydrogens is 714 g/mol. The number of hydrogen-bond acceptors (Lipinski definition) is 10. The summed E-state index contributed by atoms with van der Waals surface area (Å²) < 4.78 is 35.1. The molecule has 3 aromatic rings. The lowest BCUT2D eigenvalue weighted by Crippen LogP contribution is -2.41. The van der Waals surface area contributed by atoms with Gasteiger partial charge in [-0.05, 0) is 114 Å². The molecule has 286 valence electrons. The van der Waals surface area contributed by atoms with E-state index in [4.69, 9.17) is 14.7 Å². The van der Waals surface area contributed by atoms with Gasteiger partial charge in [-0.2, -0.15) is 8.42 Å². The Kier molecular flexibility index (Phi) is 11.2. The number of anilines is 2. The van der Waals surface area contributed by atoms with Crippen molar-refractivity contribution in [3.05, 3.63) is 77.3 Å². The Balaban J connectivity index is 0.00000541. The molecule has 3 aromatic heterocycles. The fourth-order valence-electron chi connectivity index (χ4n) is 7.21. The van der Waals surface area contributed by atoms with Gasteiger partial charge in [0, 0.05) is 42.5 Å². The molecule has 0 spiro atoms. The van der Waals surface area contributed by atoms with E-state index in [2.05, 4.69) is 66.7 Å². The molecule has 3 aliphatic heterocycles. The quantitative estimate of drug-likeness (QED) is 0.273. The Labute approximate surface area is 319 Å². The van der Waals surface area contributed by atoms with Crippen LogP contribution in [-0.2, 0) is 20.2 Å². The van der Waals surface area contributed by atoms with Crippen molar-refractivity contribution >= 4 is 51.6 Å². The second kappa shape index (κ2) is 14.9. The van der Waals surface area contributed by atoms with Crippen LogP contribution in [0, 0.1) is 5.92 Å². The molecule has 0 aromatic carbocycles. The second-order valence-corrected chi connectivity index (χ2v) is 18.4. The predicted octanol–water partition coefficient (Wildman–Crippen LogP) is 7.29. The van der Waals surface area contributed by atoms with Crippen molar-refractivity contribution < 1.29 is 22.7 Å². The maximum Gasteiger partial charge on any atom is 0.410 e. The van der Waals surface area contributed by atoms with Gasteiger partial charge < -0.3 is 19.9 Å². The van der Waals surface area contributed by atoms with E-state index in [1.54, 1.807) is 35.4 Å². The highest BCUT2D eigenvalue weighted by molar-refractivity contribution is 7.90. The van der Waals surface area contributed by atoms with Gasteiger partial charge in [0.1, 0.15) is 17.2 Å². The SMILES string of the molecule is CC(C)(C)OC(=O)N1CC=C(c2ccnc(C3CC[C@@H]4CN(c5nc(C(C)(C)C)ccc5C(=O)NS(=O)(=O)c5cccc(n5)N3)C(C)(C)C4)c2)CC1.Cl. The molecule has 4 bridgehead atoms. The van der Waals surface area contributed by atoms with Gasteiger partial charge in [0.2, 0.25) is 0 Å². The van der Waals surface area contributed by atoms with E-state index in [0.717, 1.165) is 35.4 Å². The van der Waals surface area contributed by atoms with E-state index in [1.807, 2.05) is 26.8 Å². The third-order valence-electron chi connectivity index (χ3n) is 9.88. The van der Waals surface area contributed by atoms with Gasteiger partial charge in [-0.15, -0.1) is 12.4 Å². The van der Waals surface area contributed by atoms with Crippen LogP contribution in [0.5, 0.6) is 0 Å². The number of carbonyl (C=O) groups is 2. The number of nitrogens with zero attached hydrogens (tertiary/aromatic N) is 5. The van der Waals surface area contributed by atoms with Crippen molar-refractivity contribution in [2.45, 2.75) is 109 Å². The number of sulfonamides is 1. The zero-order valence-electron chi connectivity index (χ0n) is 31.9. The molecule has 0 radical (unpaired) electrons. The Bertz CT molecular complexity index is 2010. The van der Waals surface area contributed by atoms with Crippen LogP contribution in [-0.4, -0.2) is 71.0 Å². The summed E-state index contributed by atoms with van der Waals surface area (Å²) in [6.07, 6.45) is 6.62. The maximum atomic E-state index is 13.8. The first kappa shape index (κ1) is 40.0. The number of fused-ring (bicyclic) bond motifs is 6. The standard InChI is InChI=1S/C39H51N7O5S.ClH/c1-37(2,3)31-15-13-28-34(42-31)46-24-25(23-39(46,7)8)12-14-29(41-32-10-9-11-33(43-32)52(49,50)44-35(28)47)30-22-27(16-19-40-30)26-17-20-45(21-18-26)36(48)51-38(4,5)6;/h9-11,13,15-17,19,22,25,29H,12,14,18,20-21,23-24H2,1-8H3,(H,41,43)(H,44,47);1H/t25-,29?;/m0./s1. The van der Waals surface area contributed by atoms with Gasteiger partial charge in [-0.3, -0.25) is 9.78 Å². The summed E-state index contributed by atoms with van der Waals surface area (Å²) in [6.45, 7) is 17.7. The van der Waals surface area contributed by atoms with Crippen molar-refractivity contribution in [1.29, 1.82) is 0 Å². The summed E-state index contributed by atoms with van der Waals surface area (Å²) in [7, 11) is -4.33. The van der Waals surface area contributed by atoms with Crippen LogP contribution in [0.3, 0.4) is 0 Å². The number of aromatic nitrogens is 3. The number of hydrogen-bond donors (Lipinski definition) is 2. The highest BCUT2D eigenvalue weighted by Crippen LogP contribution is 2.41. The molecular formula is C39H52ClN7O5S. The van der Waals surface area contributed by atoms with Gasteiger partial charge >= 0.3 is 6.09 Å². The molecule has 3 aliphatic rings. The summed E-state index contributed by atoms with van der Waals surface area (Å²) in [4.78, 5) is 44.6. The number of nitrogens with one attached hydrogen (secondary N) is 2. The molecule has 6 heterocycles. The number of ether oxygens (including phenoxy) is 1. The van der Waals surface area contributed by atoms with Crippen molar-refractivity contribution in [3.63, 3.8) is 0 Å². The van der Waals surface area contributed by atoms with Gasteiger partial charge in [0.25, 0.3) is 15.9 Å². The molecule has 0 aliphatic carbocycles. The van der Waals surface area contributed by atoms with E-state index in [1.165, 1.54) is 6.07 Å². The molecule has 1 unspecified atom stereocenters. The highest BCUT2D eigenvalue weighted by atomic mass is 35.5. The first-order valence-corrected chi connectivity index (χ1v) is 19.5. The number of halogens is 1. The van der Waals surface area contributed by atoms with Crippen molar-refractivity contribution in [3.8, 4) is 0 Å². The zero-order chi connectivity index (χ0) is 37.6. The minimum atomic E-state index is -4.33. The molecule has 53 heavy (non-hydrogen) atoms. The molecule has 2 amide bonds. The third kappa shape index (κ3) is 9.12. The van der Waals surface area contributed by atoms with Gasteiger partial charge in [0.15, 0.2) is 5.03 Å². The number of amides is 2. The fraction of sp³-hybridized carbons (Fsp3) is 0.513. The van der Waals surface area contributed by atoms with E-state index < -0.39 is 21.5 Å². The molecule has 14 heteroatoms. The Morgan fingerprint density at radius 1 is 1.02 bits per heavy atom. The summed E-state index contributed by atoms with van der Waals surface area (Å²) >= 11 is 0. The molecule has 0 saturated carbocycles. The molecule has 2 atom stereocenters. The van der Waals surface area contributed by atoms with Crippen LogP contribution in [0.15, 0.2) is 59.8 Å². The van der Waals surface area contributed by atoms with E-state index in [9.17, 15) is 18.0 Å². The van der Waals surface area contributed by atoms with Gasteiger partial charge in [-0.1, -0.05) is 32.9 Å². The van der Waals surface area contributed by atoms with E-state index >= 15 is 0 Å². The Hall–Kier alpha value is -4.23. The van der Waals surface area contributed by atoms with Gasteiger partial charge in [0.05, 0.1) is 17.3 Å². The smallest absolute Gasteiger partial charge is 0.410 e. The van der Waals surface area contributed by atoms with Crippen LogP contribution < -0.4 is 14.9 Å². The fourth-order valence-corrected chi connectivity index (χ4v) is 8.15. The lowest BCUT2D eigenvalue weighted by Gasteiger charge is -2.34. The zero-order valence-corrected chi connectivity index (χ0v) is 33.5. The number of carbonyl (C=O) groups excluding carboxylic acids is 2. The minimum absolute atomic E-state index is 0. The topological polar surface area (TPSA) is 147 Å². The largest absolute Gasteiger partial charge is 0.444 e. The maximum absolute atomic E-state index is 13.8. The summed E-state index contributed by atoms with van der Waals surface area (Å²) in [5, 5.41) is 3.21. The lowest BCUT2D eigenvalue weighted by molar-refractivity contribution is 0.0270. The average molecular weight is 766 g/mol. The monoisotopic (exact) mass is 765 g/mol. The first-order chi connectivity index (χ1) is 24.3. The van der Waals surface area contributed by atoms with Crippen LogP contribution in [0.1, 0.15) is 114 Å². The normalized spacial score (nSPS) is 21.4. The van der Waals surface area contributed by atoms with Gasteiger partial charge in [-0.25, -0.2) is 19.5 Å². The molecule has 6 rings (SSSR count). The average Bonchev–Trinajstić information content (AvgIpc) is 3.38. The summed E-state index contributed by atoms with van der Waals surface area (Å²) in [5.41, 5.74) is 2.78. The van der Waals surface area contributed by atoms with Crippen LogP contribution in [0.4, 0.5) is 16.4 Å². The van der Waals surface area contributed by atoms with E-state index in [-0.39, 0.29) is 52.0 Å². The number of rotatable bonds is 2. The third-order valence-corrected chi connectivity index (χ3v) is 11.1. The molecule has 1 fully saturated rings. The van der Waals surface area contributed by atoms with Crippen LogP contribution in [0.2, 0.25) is 0 Å². The Morgan fingerprint density at radius 3 is 2.45 bits per heavy atom. The predicted molar refractivity (Wildman–Crippen MR) is 209 cm³/mol. The highest BCUT2D eigenvalue weighted by Gasteiger charge is 2.41. The Morgan fingerprint density at radius 2 is 1.77 bits per heavy atom. The van der Waals surface area contributed by atoms with Crippen LogP contribution >= 0.6 is 12.4 Å². The summed E-state index contributed by atoms with van der Waals surface area (Å²) in [5.74, 6) is 0.366. The molecule has 12 nitrogen and oxygen atoms in total. The second-order valence-electron chi connectivity index (χ2n) is 16.8. The lowest BCUT2D eigenvalue weighted by atomic mass is 9.90. The number of pyridine rings is 3. The summed E-state index contributed by atoms with van der Waals surface area (Å²) in [6, 6.07) is 12.0.